The van der Waals surface area contributed by atoms with Gasteiger partial charge in [-0.2, -0.15) is 0 Å². The van der Waals surface area contributed by atoms with Crippen molar-refractivity contribution in [3.8, 4) is 5.75 Å². The van der Waals surface area contributed by atoms with E-state index in [4.69, 9.17) is 9.47 Å². The van der Waals surface area contributed by atoms with Gasteiger partial charge in [0.25, 0.3) is 0 Å². The number of hydrogen-bond donors (Lipinski definition) is 0. The maximum atomic E-state index is 12.6. The highest BCUT2D eigenvalue weighted by Crippen LogP contribution is 2.17. The SMILES string of the molecule is COC(C)COc1ccccc1[B-](F)(F)F. The maximum Gasteiger partial charge on any atom is 0.513 e. The van der Waals surface area contributed by atoms with Crippen LogP contribution < -0.4 is 10.2 Å². The number of halogens is 3. The van der Waals surface area contributed by atoms with E-state index in [2.05, 4.69) is 0 Å². The number of hydrogen-bond acceptors (Lipinski definition) is 2. The molecule has 0 saturated heterocycles. The van der Waals surface area contributed by atoms with Crippen LogP contribution in [0.5, 0.6) is 5.75 Å². The topological polar surface area (TPSA) is 18.5 Å². The lowest BCUT2D eigenvalue weighted by Crippen LogP contribution is -2.35. The molecule has 0 N–H and O–H groups in total. The molecule has 2 nitrogen and oxygen atoms in total. The molecule has 0 bridgehead atoms. The predicted molar refractivity (Wildman–Crippen MR) is 57.1 cm³/mol. The molecule has 0 heterocycles. The molecule has 6 heteroatoms. The summed E-state index contributed by atoms with van der Waals surface area (Å²) in [5.74, 6) is -0.140. The van der Waals surface area contributed by atoms with Gasteiger partial charge in [0.15, 0.2) is 0 Å². The normalized spacial score (nSPS) is 13.6. The van der Waals surface area contributed by atoms with E-state index < -0.39 is 12.4 Å². The monoisotopic (exact) mass is 233 g/mol. The molecule has 0 radical (unpaired) electrons. The number of benzene rings is 1. The van der Waals surface area contributed by atoms with Gasteiger partial charge in [-0.1, -0.05) is 23.7 Å². The summed E-state index contributed by atoms with van der Waals surface area (Å²) >= 11 is 0. The van der Waals surface area contributed by atoms with Crippen molar-refractivity contribution in [1.29, 1.82) is 0 Å². The molecule has 1 unspecified atom stereocenters. The van der Waals surface area contributed by atoms with Crippen molar-refractivity contribution < 1.29 is 22.4 Å². The largest absolute Gasteiger partial charge is 0.513 e. The zero-order chi connectivity index (χ0) is 12.2. The predicted octanol–water partition coefficient (Wildman–Crippen LogP) is 2.15. The number of ether oxygens (including phenoxy) is 2. The van der Waals surface area contributed by atoms with Gasteiger partial charge in [0.2, 0.25) is 0 Å². The van der Waals surface area contributed by atoms with Crippen LogP contribution in [-0.2, 0) is 4.74 Å². The highest BCUT2D eigenvalue weighted by Gasteiger charge is 2.28. The molecule has 90 valence electrons. The Balaban J connectivity index is 2.80. The number of para-hydroxylation sites is 1. The zero-order valence-electron chi connectivity index (χ0n) is 9.12. The van der Waals surface area contributed by atoms with Crippen molar-refractivity contribution >= 4 is 12.4 Å². The molecule has 0 spiro atoms. The van der Waals surface area contributed by atoms with E-state index in [0.717, 1.165) is 6.07 Å². The molecule has 0 fully saturated rings. The van der Waals surface area contributed by atoms with Gasteiger partial charge in [0.05, 0.1) is 11.9 Å². The minimum Gasteiger partial charge on any atom is -0.494 e. The Morgan fingerprint density at radius 1 is 1.25 bits per heavy atom. The van der Waals surface area contributed by atoms with Crippen molar-refractivity contribution in [1.82, 2.24) is 0 Å². The average Bonchev–Trinajstić information content (AvgIpc) is 2.25. The van der Waals surface area contributed by atoms with E-state index in [1.807, 2.05) is 0 Å². The lowest BCUT2D eigenvalue weighted by atomic mass is 9.79. The fourth-order valence-corrected chi connectivity index (χ4v) is 1.16. The molecular formula is C10H13BF3O2-. The van der Waals surface area contributed by atoms with Gasteiger partial charge in [-0.15, -0.1) is 0 Å². The molecule has 16 heavy (non-hydrogen) atoms. The van der Waals surface area contributed by atoms with Gasteiger partial charge in [-0.05, 0) is 13.0 Å². The third-order valence-electron chi connectivity index (χ3n) is 2.15. The molecule has 0 aromatic heterocycles. The Kier molecular flexibility index (Phi) is 4.23. The van der Waals surface area contributed by atoms with Crippen LogP contribution in [0.4, 0.5) is 12.9 Å². The summed E-state index contributed by atoms with van der Waals surface area (Å²) in [6.07, 6.45) is -0.242. The summed E-state index contributed by atoms with van der Waals surface area (Å²) in [7, 11) is 1.48. The van der Waals surface area contributed by atoms with Crippen molar-refractivity contribution in [3.05, 3.63) is 24.3 Å². The molecule has 0 aliphatic rings. The van der Waals surface area contributed by atoms with E-state index in [-0.39, 0.29) is 18.5 Å². The van der Waals surface area contributed by atoms with Gasteiger partial charge < -0.3 is 22.4 Å². The standard InChI is InChI=1S/C10H13BF3O2/c1-8(15-2)7-16-10-6-4-3-5-9(10)11(12,13)14/h3-6,8H,7H2,1-2H3/q-1. The van der Waals surface area contributed by atoms with Crippen LogP contribution >= 0.6 is 0 Å². The highest BCUT2D eigenvalue weighted by atomic mass is 19.4. The molecule has 0 aliphatic heterocycles. The maximum absolute atomic E-state index is 12.6. The number of rotatable bonds is 5. The Labute approximate surface area is 92.4 Å². The van der Waals surface area contributed by atoms with Crippen LogP contribution in [-0.4, -0.2) is 26.8 Å². The van der Waals surface area contributed by atoms with Crippen LogP contribution in [0, 0.1) is 0 Å². The van der Waals surface area contributed by atoms with E-state index >= 15 is 0 Å². The molecule has 0 amide bonds. The molecule has 1 atom stereocenters. The lowest BCUT2D eigenvalue weighted by Gasteiger charge is -2.20. The summed E-state index contributed by atoms with van der Waals surface area (Å²) < 4.78 is 47.8. The van der Waals surface area contributed by atoms with Crippen molar-refractivity contribution in [2.24, 2.45) is 0 Å². The van der Waals surface area contributed by atoms with Crippen LogP contribution in [0.1, 0.15) is 6.92 Å². The third kappa shape index (κ3) is 3.45. The van der Waals surface area contributed by atoms with Gasteiger partial charge >= 0.3 is 6.98 Å². The average molecular weight is 233 g/mol. The number of methoxy groups -OCH3 is 1. The molecule has 0 aliphatic carbocycles. The summed E-state index contributed by atoms with van der Waals surface area (Å²) in [6, 6.07) is 5.19. The second kappa shape index (κ2) is 5.25. The van der Waals surface area contributed by atoms with Gasteiger partial charge in [0, 0.05) is 7.11 Å². The van der Waals surface area contributed by atoms with Gasteiger partial charge in [0.1, 0.15) is 6.61 Å². The first kappa shape index (κ1) is 12.9. The molecule has 1 rings (SSSR count). The summed E-state index contributed by atoms with van der Waals surface area (Å²) in [6.45, 7) is -3.22. The van der Waals surface area contributed by atoms with Crippen LogP contribution in [0.15, 0.2) is 24.3 Å². The van der Waals surface area contributed by atoms with Crippen molar-refractivity contribution in [2.75, 3.05) is 13.7 Å². The first-order chi connectivity index (χ1) is 7.45. The lowest BCUT2D eigenvalue weighted by molar-refractivity contribution is 0.0719. The van der Waals surface area contributed by atoms with Gasteiger partial charge in [-0.25, -0.2) is 0 Å². The fraction of sp³-hybridized carbons (Fsp3) is 0.400. The minimum absolute atomic E-state index is 0.0969. The van der Waals surface area contributed by atoms with Gasteiger partial charge in [-0.3, -0.25) is 0 Å². The van der Waals surface area contributed by atoms with Crippen LogP contribution in [0.25, 0.3) is 0 Å². The Hall–Kier alpha value is -1.17. The second-order valence-electron chi connectivity index (χ2n) is 3.47. The summed E-state index contributed by atoms with van der Waals surface area (Å²) in [4.78, 5) is 0. The van der Waals surface area contributed by atoms with E-state index in [1.54, 1.807) is 6.92 Å². The summed E-state index contributed by atoms with van der Waals surface area (Å²) in [5.41, 5.74) is -0.703. The fourth-order valence-electron chi connectivity index (χ4n) is 1.16. The molecule has 0 saturated carbocycles. The van der Waals surface area contributed by atoms with E-state index in [9.17, 15) is 12.9 Å². The second-order valence-corrected chi connectivity index (χ2v) is 3.47. The first-order valence-corrected chi connectivity index (χ1v) is 4.89. The highest BCUT2D eigenvalue weighted by molar-refractivity contribution is 6.74. The van der Waals surface area contributed by atoms with Crippen molar-refractivity contribution in [3.63, 3.8) is 0 Å². The van der Waals surface area contributed by atoms with Crippen molar-refractivity contribution in [2.45, 2.75) is 13.0 Å². The smallest absolute Gasteiger partial charge is 0.494 e. The van der Waals surface area contributed by atoms with Crippen LogP contribution in [0.2, 0.25) is 0 Å². The van der Waals surface area contributed by atoms with E-state index in [0.29, 0.717) is 0 Å². The quantitative estimate of drug-likeness (QED) is 0.725. The first-order valence-electron chi connectivity index (χ1n) is 4.89. The molecule has 1 aromatic carbocycles. The summed E-state index contributed by atoms with van der Waals surface area (Å²) in [5, 5.41) is 0. The van der Waals surface area contributed by atoms with Crippen LogP contribution in [0.3, 0.4) is 0 Å². The third-order valence-corrected chi connectivity index (χ3v) is 2.15. The Bertz CT molecular complexity index is 341. The molecule has 1 aromatic rings. The Morgan fingerprint density at radius 2 is 1.88 bits per heavy atom. The zero-order valence-corrected chi connectivity index (χ0v) is 9.12. The molecular weight excluding hydrogens is 220 g/mol. The minimum atomic E-state index is -5.04. The van der Waals surface area contributed by atoms with E-state index in [1.165, 1.54) is 25.3 Å². The Morgan fingerprint density at radius 3 is 2.44 bits per heavy atom.